The average molecular weight is 401 g/mol. The number of alkyl halides is 3. The molecule has 1 aromatic rings. The standard InChI is InChI=1S/C18H18F3NO6/c1-27-7-8-28-9-11-10(5-6-14(22-11)18(19,20)21)16(25)17(26)15-12(23)3-2-4-13(15)24/h5-6,15H,2-4,7-9H2,1H3. The molecular weight excluding hydrogens is 383 g/mol. The van der Waals surface area contributed by atoms with Gasteiger partial charge in [-0.15, -0.1) is 0 Å². The van der Waals surface area contributed by atoms with Gasteiger partial charge in [0.05, 0.1) is 25.5 Å². The molecule has 1 saturated carbocycles. The zero-order valence-corrected chi connectivity index (χ0v) is 15.0. The molecule has 0 saturated heterocycles. The summed E-state index contributed by atoms with van der Waals surface area (Å²) in [4.78, 5) is 52.2. The second-order valence-corrected chi connectivity index (χ2v) is 6.15. The van der Waals surface area contributed by atoms with E-state index in [1.54, 1.807) is 0 Å². The predicted octanol–water partition coefficient (Wildman–Crippen LogP) is 1.95. The van der Waals surface area contributed by atoms with Crippen LogP contribution in [0.5, 0.6) is 0 Å². The van der Waals surface area contributed by atoms with E-state index in [2.05, 4.69) is 4.98 Å². The van der Waals surface area contributed by atoms with Crippen molar-refractivity contribution < 1.29 is 41.8 Å². The van der Waals surface area contributed by atoms with Crippen LogP contribution in [0.1, 0.15) is 41.0 Å². The maximum Gasteiger partial charge on any atom is 0.433 e. The van der Waals surface area contributed by atoms with Gasteiger partial charge in [0.2, 0.25) is 11.6 Å². The lowest BCUT2D eigenvalue weighted by molar-refractivity contribution is -0.142. The number of aromatic nitrogens is 1. The van der Waals surface area contributed by atoms with Crippen molar-refractivity contribution in [3.05, 3.63) is 29.1 Å². The third kappa shape index (κ3) is 5.08. The number of hydrogen-bond donors (Lipinski definition) is 0. The van der Waals surface area contributed by atoms with Gasteiger partial charge in [0, 0.05) is 25.5 Å². The van der Waals surface area contributed by atoms with Crippen molar-refractivity contribution in [1.82, 2.24) is 4.98 Å². The van der Waals surface area contributed by atoms with Crippen molar-refractivity contribution >= 4 is 23.1 Å². The summed E-state index contributed by atoms with van der Waals surface area (Å²) in [6.07, 6.45) is -4.47. The van der Waals surface area contributed by atoms with Gasteiger partial charge in [-0.05, 0) is 18.6 Å². The summed E-state index contributed by atoms with van der Waals surface area (Å²) in [6, 6.07) is 1.37. The number of nitrogens with zero attached hydrogens (tertiary/aromatic N) is 1. The van der Waals surface area contributed by atoms with Crippen molar-refractivity contribution in [2.75, 3.05) is 20.3 Å². The molecule has 0 bridgehead atoms. The van der Waals surface area contributed by atoms with Crippen LogP contribution in [0.4, 0.5) is 13.2 Å². The molecule has 0 amide bonds. The van der Waals surface area contributed by atoms with Gasteiger partial charge in [-0.2, -0.15) is 13.2 Å². The molecule has 2 rings (SSSR count). The molecular formula is C18H18F3NO6. The van der Waals surface area contributed by atoms with E-state index < -0.39 is 58.8 Å². The lowest BCUT2D eigenvalue weighted by Gasteiger charge is -2.18. The van der Waals surface area contributed by atoms with Gasteiger partial charge in [-0.25, -0.2) is 4.98 Å². The third-order valence-corrected chi connectivity index (χ3v) is 4.16. The molecule has 1 heterocycles. The molecule has 0 radical (unpaired) electrons. The van der Waals surface area contributed by atoms with Gasteiger partial charge in [-0.3, -0.25) is 19.2 Å². The highest BCUT2D eigenvalue weighted by atomic mass is 19.4. The van der Waals surface area contributed by atoms with Crippen molar-refractivity contribution in [3.8, 4) is 0 Å². The summed E-state index contributed by atoms with van der Waals surface area (Å²) >= 11 is 0. The van der Waals surface area contributed by atoms with Gasteiger partial charge >= 0.3 is 6.18 Å². The van der Waals surface area contributed by atoms with E-state index in [1.807, 2.05) is 0 Å². The Kier molecular flexibility index (Phi) is 7.14. The molecule has 1 aliphatic carbocycles. The number of hydrogen-bond acceptors (Lipinski definition) is 7. The van der Waals surface area contributed by atoms with E-state index in [9.17, 15) is 32.3 Å². The largest absolute Gasteiger partial charge is 0.433 e. The SMILES string of the molecule is COCCOCc1nc(C(F)(F)F)ccc1C(=O)C(=O)C1C(=O)CCCC1=O. The van der Waals surface area contributed by atoms with E-state index in [0.29, 0.717) is 12.5 Å². The molecule has 0 atom stereocenters. The topological polar surface area (TPSA) is 99.6 Å². The minimum absolute atomic E-state index is 0.00628. The van der Waals surface area contributed by atoms with Crippen molar-refractivity contribution in [3.63, 3.8) is 0 Å². The number of Topliss-reactive ketones (excluding diaryl/α,β-unsaturated/α-hetero) is 4. The lowest BCUT2D eigenvalue weighted by Crippen LogP contribution is -2.39. The second-order valence-electron chi connectivity index (χ2n) is 6.15. The van der Waals surface area contributed by atoms with Crippen LogP contribution in [0.3, 0.4) is 0 Å². The highest BCUT2D eigenvalue weighted by Crippen LogP contribution is 2.29. The van der Waals surface area contributed by atoms with E-state index >= 15 is 0 Å². The van der Waals surface area contributed by atoms with E-state index in [4.69, 9.17) is 9.47 Å². The molecule has 1 fully saturated rings. The number of ketones is 4. The zero-order valence-electron chi connectivity index (χ0n) is 15.0. The summed E-state index contributed by atoms with van der Waals surface area (Å²) in [6.45, 7) is -0.296. The maximum absolute atomic E-state index is 12.9. The summed E-state index contributed by atoms with van der Waals surface area (Å²) in [7, 11) is 1.40. The molecule has 152 valence electrons. The number of methoxy groups -OCH3 is 1. The summed E-state index contributed by atoms with van der Waals surface area (Å²) < 4.78 is 48.7. The number of carbonyl (C=O) groups excluding carboxylic acids is 4. The monoisotopic (exact) mass is 401 g/mol. The van der Waals surface area contributed by atoms with E-state index in [0.717, 1.165) is 6.07 Å². The van der Waals surface area contributed by atoms with Crippen LogP contribution in [0.2, 0.25) is 0 Å². The first-order valence-corrected chi connectivity index (χ1v) is 8.44. The quantitative estimate of drug-likeness (QED) is 0.284. The highest BCUT2D eigenvalue weighted by Gasteiger charge is 2.40. The Morgan fingerprint density at radius 1 is 1.14 bits per heavy atom. The third-order valence-electron chi connectivity index (χ3n) is 4.16. The first-order valence-electron chi connectivity index (χ1n) is 8.44. The molecule has 0 spiro atoms. The fourth-order valence-electron chi connectivity index (χ4n) is 2.75. The summed E-state index contributed by atoms with van der Waals surface area (Å²) in [5.74, 6) is -5.51. The molecule has 7 nitrogen and oxygen atoms in total. The van der Waals surface area contributed by atoms with Gasteiger partial charge in [0.25, 0.3) is 0 Å². The van der Waals surface area contributed by atoms with Crippen LogP contribution >= 0.6 is 0 Å². The fraction of sp³-hybridized carbons (Fsp3) is 0.500. The van der Waals surface area contributed by atoms with Gasteiger partial charge in [-0.1, -0.05) is 0 Å². The zero-order chi connectivity index (χ0) is 20.9. The Labute approximate surface area is 158 Å². The minimum Gasteiger partial charge on any atom is -0.382 e. The Bertz CT molecular complexity index is 774. The Balaban J connectivity index is 2.33. The lowest BCUT2D eigenvalue weighted by atomic mass is 9.81. The molecule has 28 heavy (non-hydrogen) atoms. The van der Waals surface area contributed by atoms with Crippen molar-refractivity contribution in [1.29, 1.82) is 0 Å². The second kappa shape index (κ2) is 9.16. The Hall–Kier alpha value is -2.46. The number of carbonyl (C=O) groups is 4. The number of rotatable bonds is 8. The smallest absolute Gasteiger partial charge is 0.382 e. The molecule has 1 aliphatic rings. The first kappa shape index (κ1) is 21.8. The highest BCUT2D eigenvalue weighted by molar-refractivity contribution is 6.51. The van der Waals surface area contributed by atoms with Crippen molar-refractivity contribution in [2.24, 2.45) is 5.92 Å². The summed E-state index contributed by atoms with van der Waals surface area (Å²) in [5, 5.41) is 0. The van der Waals surface area contributed by atoms with Crippen LogP contribution in [0.15, 0.2) is 12.1 Å². The molecule has 0 aliphatic heterocycles. The van der Waals surface area contributed by atoms with Crippen molar-refractivity contribution in [2.45, 2.75) is 32.0 Å². The van der Waals surface area contributed by atoms with Gasteiger partial charge in [0.1, 0.15) is 11.6 Å². The van der Waals surface area contributed by atoms with E-state index in [1.165, 1.54) is 7.11 Å². The fourth-order valence-corrected chi connectivity index (χ4v) is 2.75. The Morgan fingerprint density at radius 3 is 2.36 bits per heavy atom. The van der Waals surface area contributed by atoms with E-state index in [-0.39, 0.29) is 26.1 Å². The molecule has 0 N–H and O–H groups in total. The van der Waals surface area contributed by atoms with Crippen LogP contribution in [-0.4, -0.2) is 48.4 Å². The van der Waals surface area contributed by atoms with Crippen LogP contribution < -0.4 is 0 Å². The number of pyridine rings is 1. The van der Waals surface area contributed by atoms with Gasteiger partial charge in [0.15, 0.2) is 11.6 Å². The molecule has 0 unspecified atom stereocenters. The molecule has 10 heteroatoms. The maximum atomic E-state index is 12.9. The number of halogens is 3. The average Bonchev–Trinajstić information content (AvgIpc) is 2.63. The predicted molar refractivity (Wildman–Crippen MR) is 87.5 cm³/mol. The minimum atomic E-state index is -4.76. The summed E-state index contributed by atoms with van der Waals surface area (Å²) in [5.41, 5.74) is -2.09. The first-order chi connectivity index (χ1) is 13.2. The van der Waals surface area contributed by atoms with Crippen LogP contribution in [0.25, 0.3) is 0 Å². The molecule has 0 aromatic carbocycles. The number of ether oxygens (including phenoxy) is 2. The van der Waals surface area contributed by atoms with Gasteiger partial charge < -0.3 is 9.47 Å². The normalized spacial score (nSPS) is 15.7. The molecule has 1 aromatic heterocycles. The van der Waals surface area contributed by atoms with Crippen LogP contribution in [0, 0.1) is 5.92 Å². The Morgan fingerprint density at radius 2 is 1.79 bits per heavy atom. The van der Waals surface area contributed by atoms with Crippen LogP contribution in [-0.2, 0) is 36.6 Å².